The molecule has 2 heterocycles. The topological polar surface area (TPSA) is 84.3 Å². The summed E-state index contributed by atoms with van der Waals surface area (Å²) in [6, 6.07) is 8.04. The number of thiazole rings is 1. The van der Waals surface area contributed by atoms with Crippen molar-refractivity contribution < 1.29 is 13.2 Å². The molecule has 9 heteroatoms. The van der Waals surface area contributed by atoms with Crippen LogP contribution in [0.2, 0.25) is 0 Å². The normalized spacial score (nSPS) is 11.7. The lowest BCUT2D eigenvalue weighted by molar-refractivity contribution is 0.102. The highest BCUT2D eigenvalue weighted by molar-refractivity contribution is 7.89. The van der Waals surface area contributed by atoms with Crippen LogP contribution in [0.15, 0.2) is 53.3 Å². The molecule has 0 radical (unpaired) electrons. The van der Waals surface area contributed by atoms with Gasteiger partial charge in [0.25, 0.3) is 5.91 Å². The van der Waals surface area contributed by atoms with Crippen LogP contribution in [0.1, 0.15) is 35.6 Å². The lowest BCUT2D eigenvalue weighted by atomic mass is 10.2. The molecular formula is C23H28N4O3S2. The van der Waals surface area contributed by atoms with E-state index in [1.807, 2.05) is 25.3 Å². The van der Waals surface area contributed by atoms with Gasteiger partial charge in [0, 0.05) is 47.5 Å². The molecule has 0 unspecified atom stereocenters. The highest BCUT2D eigenvalue weighted by Gasteiger charge is 2.22. The lowest BCUT2D eigenvalue weighted by Gasteiger charge is -2.18. The van der Waals surface area contributed by atoms with Crippen LogP contribution >= 0.6 is 11.3 Å². The van der Waals surface area contributed by atoms with Crippen molar-refractivity contribution in [3.05, 3.63) is 65.3 Å². The first-order valence-corrected chi connectivity index (χ1v) is 12.7. The number of amides is 1. The number of nitrogens with zero attached hydrogens (tertiary/aromatic N) is 3. The zero-order valence-electron chi connectivity index (χ0n) is 18.8. The Bertz CT molecular complexity index is 1220. The molecular weight excluding hydrogens is 444 g/mol. The predicted octanol–water partition coefficient (Wildman–Crippen LogP) is 4.70. The average molecular weight is 473 g/mol. The van der Waals surface area contributed by atoms with E-state index in [1.165, 1.54) is 39.9 Å². The average Bonchev–Trinajstić information content (AvgIpc) is 3.34. The van der Waals surface area contributed by atoms with E-state index in [1.54, 1.807) is 13.8 Å². The second-order valence-electron chi connectivity index (χ2n) is 7.29. The molecule has 0 aliphatic carbocycles. The number of carbonyl (C=O) groups is 1. The highest BCUT2D eigenvalue weighted by Crippen LogP contribution is 2.30. The van der Waals surface area contributed by atoms with Gasteiger partial charge in [0.15, 0.2) is 5.13 Å². The highest BCUT2D eigenvalue weighted by atomic mass is 32.2. The fourth-order valence-corrected chi connectivity index (χ4v) is 5.75. The maximum Gasteiger partial charge on any atom is 0.257 e. The quantitative estimate of drug-likeness (QED) is 0.458. The summed E-state index contributed by atoms with van der Waals surface area (Å²) < 4.78 is 28.8. The van der Waals surface area contributed by atoms with Crippen molar-refractivity contribution in [2.75, 3.05) is 18.4 Å². The van der Waals surface area contributed by atoms with Crippen LogP contribution in [0, 0.1) is 13.8 Å². The Balaban J connectivity index is 1.76. The Morgan fingerprint density at radius 3 is 2.47 bits per heavy atom. The fourth-order valence-electron chi connectivity index (χ4n) is 3.59. The Morgan fingerprint density at radius 2 is 1.88 bits per heavy atom. The SMILES string of the molecule is C=CCn1c(C)cc(-c2csc(NC(=O)c3ccc(S(=O)(=O)N(CC)CC)cc3)n2)c1C. The molecule has 7 nitrogen and oxygen atoms in total. The number of allylic oxidation sites excluding steroid dienone is 1. The maximum absolute atomic E-state index is 12.7. The number of carbonyl (C=O) groups excluding carboxylic acids is 1. The molecule has 1 amide bonds. The van der Waals surface area contributed by atoms with Gasteiger partial charge in [-0.15, -0.1) is 17.9 Å². The van der Waals surface area contributed by atoms with Gasteiger partial charge in [-0.2, -0.15) is 4.31 Å². The van der Waals surface area contributed by atoms with Gasteiger partial charge in [-0.25, -0.2) is 13.4 Å². The summed E-state index contributed by atoms with van der Waals surface area (Å²) in [5, 5.41) is 5.20. The van der Waals surface area contributed by atoms with Gasteiger partial charge < -0.3 is 4.57 Å². The van der Waals surface area contributed by atoms with E-state index in [9.17, 15) is 13.2 Å². The Labute approximate surface area is 193 Å². The second kappa shape index (κ2) is 9.81. The summed E-state index contributed by atoms with van der Waals surface area (Å²) in [4.78, 5) is 17.4. The number of anilines is 1. The molecule has 0 atom stereocenters. The molecule has 3 aromatic rings. The van der Waals surface area contributed by atoms with Crippen LogP contribution in [0.5, 0.6) is 0 Å². The molecule has 0 bridgehead atoms. The molecule has 0 saturated carbocycles. The van der Waals surface area contributed by atoms with Gasteiger partial charge in [0.05, 0.1) is 10.6 Å². The third-order valence-corrected chi connectivity index (χ3v) is 8.17. The number of sulfonamides is 1. The minimum Gasteiger partial charge on any atom is -0.345 e. The standard InChI is InChI=1S/C23H28N4O3S2/c1-6-13-27-16(4)14-20(17(27)5)21-15-31-23(24-21)25-22(28)18-9-11-19(12-10-18)32(29,30)26(7-2)8-3/h6,9-12,14-15H,1,7-8,13H2,2-5H3,(H,24,25,28). The molecule has 0 aliphatic rings. The number of hydrogen-bond acceptors (Lipinski definition) is 5. The smallest absolute Gasteiger partial charge is 0.257 e. The van der Waals surface area contributed by atoms with Crippen molar-refractivity contribution in [3.63, 3.8) is 0 Å². The summed E-state index contributed by atoms with van der Waals surface area (Å²) in [7, 11) is -3.56. The molecule has 3 rings (SSSR count). The van der Waals surface area contributed by atoms with Gasteiger partial charge >= 0.3 is 0 Å². The van der Waals surface area contributed by atoms with Crippen molar-refractivity contribution >= 4 is 32.4 Å². The predicted molar refractivity (Wildman–Crippen MR) is 130 cm³/mol. The molecule has 170 valence electrons. The molecule has 32 heavy (non-hydrogen) atoms. The summed E-state index contributed by atoms with van der Waals surface area (Å²) in [6.45, 7) is 13.0. The van der Waals surface area contributed by atoms with E-state index in [0.29, 0.717) is 23.8 Å². The van der Waals surface area contributed by atoms with E-state index in [4.69, 9.17) is 0 Å². The van der Waals surface area contributed by atoms with Gasteiger partial charge in [-0.3, -0.25) is 10.1 Å². The summed E-state index contributed by atoms with van der Waals surface area (Å²) in [5.41, 5.74) is 4.40. The van der Waals surface area contributed by atoms with Crippen LogP contribution in [-0.2, 0) is 16.6 Å². The number of rotatable bonds is 9. The molecule has 1 N–H and O–H groups in total. The van der Waals surface area contributed by atoms with E-state index < -0.39 is 10.0 Å². The summed E-state index contributed by atoms with van der Waals surface area (Å²) in [6.07, 6.45) is 1.86. The lowest BCUT2D eigenvalue weighted by Crippen LogP contribution is -2.30. The van der Waals surface area contributed by atoms with Crippen LogP contribution in [0.4, 0.5) is 5.13 Å². The van der Waals surface area contributed by atoms with Crippen LogP contribution in [0.3, 0.4) is 0 Å². The first kappa shape index (κ1) is 23.9. The molecule has 0 spiro atoms. The first-order valence-electron chi connectivity index (χ1n) is 10.4. The number of aryl methyl sites for hydroxylation is 1. The molecule has 0 fully saturated rings. The third kappa shape index (κ3) is 4.69. The maximum atomic E-state index is 12.7. The van der Waals surface area contributed by atoms with Crippen LogP contribution in [-0.4, -0.2) is 41.3 Å². The monoisotopic (exact) mass is 472 g/mol. The fraction of sp³-hybridized carbons (Fsp3) is 0.304. The Hall–Kier alpha value is -2.75. The minimum absolute atomic E-state index is 0.171. The summed E-state index contributed by atoms with van der Waals surface area (Å²) >= 11 is 1.35. The molecule has 1 aromatic carbocycles. The van der Waals surface area contributed by atoms with Gasteiger partial charge in [-0.05, 0) is 44.2 Å². The van der Waals surface area contributed by atoms with Crippen molar-refractivity contribution in [1.82, 2.24) is 13.9 Å². The van der Waals surface area contributed by atoms with Crippen molar-refractivity contribution in [3.8, 4) is 11.3 Å². The molecule has 2 aromatic heterocycles. The van der Waals surface area contributed by atoms with E-state index in [0.717, 1.165) is 29.2 Å². The number of aromatic nitrogens is 2. The first-order chi connectivity index (χ1) is 15.2. The zero-order chi connectivity index (χ0) is 23.5. The van der Waals surface area contributed by atoms with Gasteiger partial charge in [0.1, 0.15) is 0 Å². The zero-order valence-corrected chi connectivity index (χ0v) is 20.4. The number of benzene rings is 1. The Morgan fingerprint density at radius 1 is 1.22 bits per heavy atom. The van der Waals surface area contributed by atoms with Crippen molar-refractivity contribution in [2.24, 2.45) is 0 Å². The van der Waals surface area contributed by atoms with E-state index in [-0.39, 0.29) is 10.8 Å². The number of nitrogens with one attached hydrogen (secondary N) is 1. The van der Waals surface area contributed by atoms with Gasteiger partial charge in [-0.1, -0.05) is 19.9 Å². The molecule has 0 saturated heterocycles. The third-order valence-electron chi connectivity index (χ3n) is 5.35. The van der Waals surface area contributed by atoms with Gasteiger partial charge in [0.2, 0.25) is 10.0 Å². The largest absolute Gasteiger partial charge is 0.345 e. The van der Waals surface area contributed by atoms with Crippen LogP contribution in [0.25, 0.3) is 11.3 Å². The minimum atomic E-state index is -3.56. The molecule has 0 aliphatic heterocycles. The van der Waals surface area contributed by atoms with Crippen molar-refractivity contribution in [2.45, 2.75) is 39.1 Å². The van der Waals surface area contributed by atoms with E-state index in [2.05, 4.69) is 27.5 Å². The van der Waals surface area contributed by atoms with Crippen LogP contribution < -0.4 is 5.32 Å². The number of hydrogen-bond donors (Lipinski definition) is 1. The Kier molecular flexibility index (Phi) is 7.33. The summed E-state index contributed by atoms with van der Waals surface area (Å²) in [5.74, 6) is -0.338. The second-order valence-corrected chi connectivity index (χ2v) is 10.1. The van der Waals surface area contributed by atoms with Crippen molar-refractivity contribution in [1.29, 1.82) is 0 Å². The van der Waals surface area contributed by atoms with E-state index >= 15 is 0 Å².